The van der Waals surface area contributed by atoms with E-state index in [9.17, 15) is 4.79 Å². The molecule has 0 aliphatic carbocycles. The monoisotopic (exact) mass is 364 g/mol. The largest absolute Gasteiger partial charge is 0.457 e. The second-order valence-corrected chi connectivity index (χ2v) is 5.47. The number of nitrogens with one attached hydrogen (secondary N) is 2. The molecule has 5 nitrogen and oxygen atoms in total. The summed E-state index contributed by atoms with van der Waals surface area (Å²) in [7, 11) is 1.63. The SMILES string of the molecule is COCCNCC(=O)NCc1ccc(C)cc1Oc1ccccc1.Cl. The van der Waals surface area contributed by atoms with Gasteiger partial charge in [0.1, 0.15) is 11.5 Å². The Labute approximate surface area is 155 Å². The van der Waals surface area contributed by atoms with Crippen LogP contribution in [0.15, 0.2) is 48.5 Å². The predicted molar refractivity (Wildman–Crippen MR) is 102 cm³/mol. The summed E-state index contributed by atoms with van der Waals surface area (Å²) in [4.78, 5) is 11.9. The lowest BCUT2D eigenvalue weighted by Crippen LogP contribution is -2.34. The lowest BCUT2D eigenvalue weighted by Gasteiger charge is -2.13. The van der Waals surface area contributed by atoms with Crippen molar-refractivity contribution in [2.75, 3.05) is 26.8 Å². The summed E-state index contributed by atoms with van der Waals surface area (Å²) in [6, 6.07) is 15.6. The fraction of sp³-hybridized carbons (Fsp3) is 0.316. The number of methoxy groups -OCH3 is 1. The number of amides is 1. The standard InChI is InChI=1S/C19H24N2O3.ClH/c1-15-8-9-16(13-21-19(22)14-20-10-11-23-2)18(12-15)24-17-6-4-3-5-7-17;/h3-9,12,20H,10-11,13-14H2,1-2H3,(H,21,22);1H. The zero-order valence-electron chi connectivity index (χ0n) is 14.6. The van der Waals surface area contributed by atoms with Crippen LogP contribution < -0.4 is 15.4 Å². The van der Waals surface area contributed by atoms with E-state index in [1.807, 2.05) is 55.5 Å². The number of hydrogen-bond acceptors (Lipinski definition) is 4. The summed E-state index contributed by atoms with van der Waals surface area (Å²) in [6.45, 7) is 3.94. The number of benzene rings is 2. The van der Waals surface area contributed by atoms with Gasteiger partial charge in [-0.3, -0.25) is 4.79 Å². The van der Waals surface area contributed by atoms with Crippen LogP contribution in [-0.2, 0) is 16.1 Å². The molecule has 2 N–H and O–H groups in total. The van der Waals surface area contributed by atoms with Crippen LogP contribution in [0.5, 0.6) is 11.5 Å². The molecule has 0 aliphatic rings. The number of aryl methyl sites for hydroxylation is 1. The van der Waals surface area contributed by atoms with Gasteiger partial charge < -0.3 is 20.1 Å². The van der Waals surface area contributed by atoms with E-state index < -0.39 is 0 Å². The van der Waals surface area contributed by atoms with Crippen LogP contribution in [0, 0.1) is 6.92 Å². The van der Waals surface area contributed by atoms with Crippen LogP contribution in [-0.4, -0.2) is 32.7 Å². The summed E-state index contributed by atoms with van der Waals surface area (Å²) in [5.41, 5.74) is 2.05. The maximum absolute atomic E-state index is 11.9. The highest BCUT2D eigenvalue weighted by Crippen LogP contribution is 2.26. The molecular weight excluding hydrogens is 340 g/mol. The van der Waals surface area contributed by atoms with E-state index in [1.54, 1.807) is 7.11 Å². The van der Waals surface area contributed by atoms with Gasteiger partial charge in [0.05, 0.1) is 13.2 Å². The zero-order chi connectivity index (χ0) is 17.2. The van der Waals surface area contributed by atoms with Crippen LogP contribution in [0.1, 0.15) is 11.1 Å². The molecule has 2 aromatic carbocycles. The Hall–Kier alpha value is -2.08. The molecule has 0 heterocycles. The highest BCUT2D eigenvalue weighted by molar-refractivity contribution is 5.85. The predicted octanol–water partition coefficient (Wildman–Crippen LogP) is 3.06. The molecule has 0 saturated heterocycles. The summed E-state index contributed by atoms with van der Waals surface area (Å²) >= 11 is 0. The second kappa shape index (κ2) is 11.5. The lowest BCUT2D eigenvalue weighted by atomic mass is 10.1. The van der Waals surface area contributed by atoms with Crippen molar-refractivity contribution in [3.63, 3.8) is 0 Å². The van der Waals surface area contributed by atoms with E-state index in [0.29, 0.717) is 19.7 Å². The Bertz CT molecular complexity index is 650. The molecule has 0 spiro atoms. The highest BCUT2D eigenvalue weighted by Gasteiger charge is 2.08. The van der Waals surface area contributed by atoms with Gasteiger partial charge in [-0.05, 0) is 30.7 Å². The Morgan fingerprint density at radius 1 is 1.12 bits per heavy atom. The normalized spacial score (nSPS) is 10.0. The first-order valence-electron chi connectivity index (χ1n) is 7.98. The van der Waals surface area contributed by atoms with E-state index in [-0.39, 0.29) is 24.9 Å². The van der Waals surface area contributed by atoms with E-state index in [4.69, 9.17) is 9.47 Å². The molecule has 0 atom stereocenters. The summed E-state index contributed by atoms with van der Waals surface area (Å²) in [5, 5.41) is 5.92. The lowest BCUT2D eigenvalue weighted by molar-refractivity contribution is -0.120. The van der Waals surface area contributed by atoms with Gasteiger partial charge in [0.2, 0.25) is 5.91 Å². The van der Waals surface area contributed by atoms with Crippen molar-refractivity contribution in [3.05, 3.63) is 59.7 Å². The first kappa shape index (κ1) is 21.0. The van der Waals surface area contributed by atoms with Crippen molar-refractivity contribution in [2.45, 2.75) is 13.5 Å². The van der Waals surface area contributed by atoms with Crippen LogP contribution in [0.25, 0.3) is 0 Å². The van der Waals surface area contributed by atoms with Crippen LogP contribution in [0.3, 0.4) is 0 Å². The highest BCUT2D eigenvalue weighted by atomic mass is 35.5. The summed E-state index contributed by atoms with van der Waals surface area (Å²) in [6.07, 6.45) is 0. The van der Waals surface area contributed by atoms with E-state index in [2.05, 4.69) is 10.6 Å². The van der Waals surface area contributed by atoms with Crippen molar-refractivity contribution in [1.29, 1.82) is 0 Å². The maximum atomic E-state index is 11.9. The number of para-hydroxylation sites is 1. The maximum Gasteiger partial charge on any atom is 0.234 e. The number of hydrogen-bond donors (Lipinski definition) is 2. The number of halogens is 1. The van der Waals surface area contributed by atoms with Crippen LogP contribution in [0.4, 0.5) is 0 Å². The number of rotatable bonds is 9. The fourth-order valence-corrected chi connectivity index (χ4v) is 2.15. The third-order valence-electron chi connectivity index (χ3n) is 3.44. The molecule has 2 rings (SSSR count). The number of carbonyl (C=O) groups is 1. The average molecular weight is 365 g/mol. The molecule has 0 bridgehead atoms. The first-order chi connectivity index (χ1) is 11.7. The molecule has 0 radical (unpaired) electrons. The van der Waals surface area contributed by atoms with Gasteiger partial charge in [0.15, 0.2) is 0 Å². The van der Waals surface area contributed by atoms with Crippen LogP contribution >= 0.6 is 12.4 Å². The quantitative estimate of drug-likeness (QED) is 0.671. The molecular formula is C19H25ClN2O3. The Kier molecular flexibility index (Phi) is 9.62. The van der Waals surface area contributed by atoms with E-state index in [0.717, 1.165) is 22.6 Å². The topological polar surface area (TPSA) is 59.6 Å². The van der Waals surface area contributed by atoms with Crippen molar-refractivity contribution >= 4 is 18.3 Å². The Morgan fingerprint density at radius 3 is 2.60 bits per heavy atom. The van der Waals surface area contributed by atoms with Gasteiger partial charge in [-0.1, -0.05) is 30.3 Å². The molecule has 0 fully saturated rings. The van der Waals surface area contributed by atoms with Gasteiger partial charge in [0, 0.05) is 25.8 Å². The fourth-order valence-electron chi connectivity index (χ4n) is 2.15. The molecule has 2 aromatic rings. The van der Waals surface area contributed by atoms with Gasteiger partial charge >= 0.3 is 0 Å². The molecule has 1 amide bonds. The average Bonchev–Trinajstić information content (AvgIpc) is 2.59. The first-order valence-corrected chi connectivity index (χ1v) is 7.98. The Balaban J connectivity index is 0.00000312. The third-order valence-corrected chi connectivity index (χ3v) is 3.44. The molecule has 136 valence electrons. The van der Waals surface area contributed by atoms with Crippen LogP contribution in [0.2, 0.25) is 0 Å². The minimum absolute atomic E-state index is 0. The van der Waals surface area contributed by atoms with Gasteiger partial charge in [-0.2, -0.15) is 0 Å². The van der Waals surface area contributed by atoms with E-state index >= 15 is 0 Å². The molecule has 0 aliphatic heterocycles. The minimum Gasteiger partial charge on any atom is -0.457 e. The van der Waals surface area contributed by atoms with Crippen molar-refractivity contribution in [2.24, 2.45) is 0 Å². The Morgan fingerprint density at radius 2 is 1.88 bits per heavy atom. The molecule has 0 saturated carbocycles. The minimum atomic E-state index is -0.0580. The van der Waals surface area contributed by atoms with Crippen molar-refractivity contribution in [3.8, 4) is 11.5 Å². The second-order valence-electron chi connectivity index (χ2n) is 5.47. The zero-order valence-corrected chi connectivity index (χ0v) is 15.4. The number of ether oxygens (including phenoxy) is 2. The molecule has 6 heteroatoms. The number of carbonyl (C=O) groups excluding carboxylic acids is 1. The van der Waals surface area contributed by atoms with Gasteiger partial charge in [-0.15, -0.1) is 12.4 Å². The smallest absolute Gasteiger partial charge is 0.234 e. The summed E-state index contributed by atoms with van der Waals surface area (Å²) in [5.74, 6) is 1.48. The van der Waals surface area contributed by atoms with E-state index in [1.165, 1.54) is 0 Å². The molecule has 0 unspecified atom stereocenters. The molecule has 0 aromatic heterocycles. The van der Waals surface area contributed by atoms with Crippen molar-refractivity contribution < 1.29 is 14.3 Å². The summed E-state index contributed by atoms with van der Waals surface area (Å²) < 4.78 is 10.9. The van der Waals surface area contributed by atoms with Gasteiger partial charge in [-0.25, -0.2) is 0 Å². The van der Waals surface area contributed by atoms with Crippen molar-refractivity contribution in [1.82, 2.24) is 10.6 Å². The molecule has 25 heavy (non-hydrogen) atoms. The van der Waals surface area contributed by atoms with Gasteiger partial charge in [0.25, 0.3) is 0 Å². The third kappa shape index (κ3) is 7.56.